The second kappa shape index (κ2) is 6.20. The number of rotatable bonds is 7. The van der Waals surface area contributed by atoms with Crippen molar-refractivity contribution in [3.63, 3.8) is 0 Å². The van der Waals surface area contributed by atoms with Crippen molar-refractivity contribution in [1.29, 1.82) is 0 Å². The molecule has 0 spiro atoms. The van der Waals surface area contributed by atoms with Crippen molar-refractivity contribution in [2.75, 3.05) is 20.2 Å². The summed E-state index contributed by atoms with van der Waals surface area (Å²) in [5.74, 6) is 0.644. The minimum Gasteiger partial charge on any atom is -0.493 e. The molecule has 1 atom stereocenters. The highest BCUT2D eigenvalue weighted by atomic mass is 16.5. The van der Waals surface area contributed by atoms with Crippen LogP contribution in [0.4, 0.5) is 0 Å². The maximum absolute atomic E-state index is 10.7. The van der Waals surface area contributed by atoms with Gasteiger partial charge in [0.05, 0.1) is 13.3 Å². The molecule has 0 bridgehead atoms. The zero-order chi connectivity index (χ0) is 13.8. The summed E-state index contributed by atoms with van der Waals surface area (Å²) in [4.78, 5) is 0. The molecule has 0 fully saturated rings. The first-order valence-corrected chi connectivity index (χ1v) is 6.49. The molecule has 0 aliphatic rings. The van der Waals surface area contributed by atoms with Gasteiger partial charge in [-0.3, -0.25) is 4.68 Å². The Kier molecular flexibility index (Phi) is 5.16. The lowest BCUT2D eigenvalue weighted by Crippen LogP contribution is -2.31. The monoisotopic (exact) mass is 255 g/mol. The van der Waals surface area contributed by atoms with E-state index in [-0.39, 0.29) is 6.04 Å². The fraction of sp³-hybridized carbons (Fsp3) is 0.769. The number of nitrogens with zero attached hydrogens (tertiary/aromatic N) is 2. The fourth-order valence-electron chi connectivity index (χ4n) is 2.03. The van der Waals surface area contributed by atoms with Crippen LogP contribution in [0.25, 0.3) is 0 Å². The molecular formula is C13H25N3O2. The van der Waals surface area contributed by atoms with E-state index in [0.717, 1.165) is 18.8 Å². The maximum atomic E-state index is 10.7. The van der Waals surface area contributed by atoms with Crippen molar-refractivity contribution in [2.24, 2.45) is 0 Å². The summed E-state index contributed by atoms with van der Waals surface area (Å²) < 4.78 is 7.13. The zero-order valence-corrected chi connectivity index (χ0v) is 12.0. The molecule has 104 valence electrons. The smallest absolute Gasteiger partial charge is 0.162 e. The summed E-state index contributed by atoms with van der Waals surface area (Å²) in [5.41, 5.74) is -0.202. The molecule has 0 aliphatic carbocycles. The number of nitrogens with one attached hydrogen (secondary N) is 1. The standard InChI is InChI=1S/C13H25N3O2/c1-6-14-8-7-13(4,17)12-11(18-5)9-15-16(12)10(2)3/h9-10,14,17H,6-8H2,1-5H3. The van der Waals surface area contributed by atoms with Crippen molar-refractivity contribution >= 4 is 0 Å². The van der Waals surface area contributed by atoms with Gasteiger partial charge in [-0.25, -0.2) is 0 Å². The van der Waals surface area contributed by atoms with Gasteiger partial charge in [0, 0.05) is 6.04 Å². The van der Waals surface area contributed by atoms with Crippen LogP contribution in [0.15, 0.2) is 6.20 Å². The normalized spacial score (nSPS) is 14.8. The Hall–Kier alpha value is -1.07. The third-order valence-corrected chi connectivity index (χ3v) is 3.02. The summed E-state index contributed by atoms with van der Waals surface area (Å²) in [5, 5.41) is 18.2. The number of methoxy groups -OCH3 is 1. The van der Waals surface area contributed by atoms with Crippen molar-refractivity contribution in [1.82, 2.24) is 15.1 Å². The Balaban J connectivity index is 3.00. The number of aromatic nitrogens is 2. The van der Waals surface area contributed by atoms with Crippen molar-refractivity contribution in [3.05, 3.63) is 11.9 Å². The summed E-state index contributed by atoms with van der Waals surface area (Å²) in [6.45, 7) is 9.59. The van der Waals surface area contributed by atoms with Gasteiger partial charge in [0.2, 0.25) is 0 Å². The van der Waals surface area contributed by atoms with E-state index in [1.54, 1.807) is 13.3 Å². The van der Waals surface area contributed by atoms with E-state index in [1.165, 1.54) is 0 Å². The van der Waals surface area contributed by atoms with Gasteiger partial charge in [-0.1, -0.05) is 6.92 Å². The summed E-state index contributed by atoms with van der Waals surface area (Å²) in [6.07, 6.45) is 2.28. The number of ether oxygens (including phenoxy) is 1. The van der Waals surface area contributed by atoms with Gasteiger partial charge in [0.15, 0.2) is 5.75 Å². The second-order valence-corrected chi connectivity index (χ2v) is 4.98. The van der Waals surface area contributed by atoms with E-state index in [9.17, 15) is 5.11 Å². The van der Waals surface area contributed by atoms with Crippen LogP contribution in [0, 0.1) is 0 Å². The molecule has 2 N–H and O–H groups in total. The van der Waals surface area contributed by atoms with E-state index < -0.39 is 5.60 Å². The molecule has 0 saturated carbocycles. The molecule has 1 heterocycles. The van der Waals surface area contributed by atoms with Crippen LogP contribution in [0.5, 0.6) is 5.75 Å². The quantitative estimate of drug-likeness (QED) is 0.728. The lowest BCUT2D eigenvalue weighted by Gasteiger charge is -2.26. The molecular weight excluding hydrogens is 230 g/mol. The first-order valence-electron chi connectivity index (χ1n) is 6.49. The molecule has 1 unspecified atom stereocenters. The summed E-state index contributed by atoms with van der Waals surface area (Å²) in [6, 6.07) is 0.189. The Morgan fingerprint density at radius 1 is 1.56 bits per heavy atom. The predicted molar refractivity (Wildman–Crippen MR) is 71.9 cm³/mol. The number of aliphatic hydroxyl groups is 1. The Morgan fingerprint density at radius 2 is 2.22 bits per heavy atom. The summed E-state index contributed by atoms with van der Waals surface area (Å²) in [7, 11) is 1.60. The SMILES string of the molecule is CCNCCC(C)(O)c1c(OC)cnn1C(C)C. The van der Waals surface area contributed by atoms with E-state index in [4.69, 9.17) is 4.74 Å². The highest BCUT2D eigenvalue weighted by Crippen LogP contribution is 2.33. The Morgan fingerprint density at radius 3 is 2.72 bits per heavy atom. The van der Waals surface area contributed by atoms with E-state index in [2.05, 4.69) is 10.4 Å². The van der Waals surface area contributed by atoms with Gasteiger partial charge < -0.3 is 15.2 Å². The van der Waals surface area contributed by atoms with Crippen LogP contribution >= 0.6 is 0 Å². The minimum absolute atomic E-state index is 0.189. The molecule has 1 rings (SSSR count). The maximum Gasteiger partial charge on any atom is 0.162 e. The molecule has 0 aromatic carbocycles. The van der Waals surface area contributed by atoms with Crippen LogP contribution in [-0.4, -0.2) is 35.1 Å². The highest BCUT2D eigenvalue weighted by Gasteiger charge is 2.31. The molecule has 5 nitrogen and oxygen atoms in total. The van der Waals surface area contributed by atoms with Crippen molar-refractivity contribution in [2.45, 2.75) is 45.8 Å². The first-order chi connectivity index (χ1) is 8.44. The van der Waals surface area contributed by atoms with Crippen LogP contribution in [-0.2, 0) is 5.60 Å². The molecule has 1 aromatic rings. The first kappa shape index (κ1) is 15.0. The topological polar surface area (TPSA) is 59.3 Å². The predicted octanol–water partition coefficient (Wildman–Crippen LogP) is 1.68. The summed E-state index contributed by atoms with van der Waals surface area (Å²) >= 11 is 0. The average molecular weight is 255 g/mol. The fourth-order valence-corrected chi connectivity index (χ4v) is 2.03. The van der Waals surface area contributed by atoms with Gasteiger partial charge in [-0.15, -0.1) is 0 Å². The van der Waals surface area contributed by atoms with E-state index >= 15 is 0 Å². The second-order valence-electron chi connectivity index (χ2n) is 4.98. The molecule has 5 heteroatoms. The zero-order valence-electron chi connectivity index (χ0n) is 12.0. The minimum atomic E-state index is -0.950. The van der Waals surface area contributed by atoms with Gasteiger partial charge in [0.25, 0.3) is 0 Å². The molecule has 0 aliphatic heterocycles. The van der Waals surface area contributed by atoms with E-state index in [1.807, 2.05) is 32.4 Å². The molecule has 1 aromatic heterocycles. The van der Waals surface area contributed by atoms with Crippen molar-refractivity contribution < 1.29 is 9.84 Å². The molecule has 0 amide bonds. The molecule has 18 heavy (non-hydrogen) atoms. The third-order valence-electron chi connectivity index (χ3n) is 3.02. The number of hydrogen-bond donors (Lipinski definition) is 2. The molecule has 0 saturated heterocycles. The van der Waals surface area contributed by atoms with Gasteiger partial charge in [-0.05, 0) is 40.3 Å². The Bertz CT molecular complexity index is 372. The lowest BCUT2D eigenvalue weighted by atomic mass is 9.97. The lowest BCUT2D eigenvalue weighted by molar-refractivity contribution is 0.0350. The van der Waals surface area contributed by atoms with Gasteiger partial charge in [0.1, 0.15) is 11.3 Å². The largest absolute Gasteiger partial charge is 0.493 e. The van der Waals surface area contributed by atoms with Crippen LogP contribution in [0.1, 0.15) is 45.9 Å². The highest BCUT2D eigenvalue weighted by molar-refractivity contribution is 5.30. The third kappa shape index (κ3) is 3.23. The number of hydrogen-bond acceptors (Lipinski definition) is 4. The average Bonchev–Trinajstić information content (AvgIpc) is 2.73. The van der Waals surface area contributed by atoms with Gasteiger partial charge in [-0.2, -0.15) is 5.10 Å². The Labute approximate surface area is 109 Å². The van der Waals surface area contributed by atoms with Gasteiger partial charge >= 0.3 is 0 Å². The van der Waals surface area contributed by atoms with E-state index in [0.29, 0.717) is 12.2 Å². The van der Waals surface area contributed by atoms with Crippen LogP contribution in [0.3, 0.4) is 0 Å². The van der Waals surface area contributed by atoms with Crippen LogP contribution < -0.4 is 10.1 Å². The van der Waals surface area contributed by atoms with Crippen molar-refractivity contribution in [3.8, 4) is 5.75 Å². The van der Waals surface area contributed by atoms with Crippen LogP contribution in [0.2, 0.25) is 0 Å². The molecule has 0 radical (unpaired) electrons.